The zero-order valence-electron chi connectivity index (χ0n) is 15.9. The largest absolute Gasteiger partial charge is 0.486 e. The highest BCUT2D eigenvalue weighted by Gasteiger charge is 2.52. The number of hydrogen-bond donors (Lipinski definition) is 1. The Morgan fingerprint density at radius 1 is 1.11 bits per heavy atom. The number of piperidine rings is 3. The fourth-order valence-corrected chi connectivity index (χ4v) is 5.21. The van der Waals surface area contributed by atoms with Crippen LogP contribution in [0.4, 0.5) is 5.69 Å². The van der Waals surface area contributed by atoms with E-state index < -0.39 is 0 Å². The lowest BCUT2D eigenvalue weighted by Gasteiger charge is -2.50. The van der Waals surface area contributed by atoms with Gasteiger partial charge in [-0.05, 0) is 49.7 Å². The van der Waals surface area contributed by atoms with E-state index in [0.717, 1.165) is 48.1 Å². The van der Waals surface area contributed by atoms with E-state index in [1.165, 1.54) is 31.5 Å². The van der Waals surface area contributed by atoms with Gasteiger partial charge in [0.05, 0.1) is 11.9 Å². The second-order valence-electron chi connectivity index (χ2n) is 8.41. The summed E-state index contributed by atoms with van der Waals surface area (Å²) in [5.74, 6) is 3.16. The summed E-state index contributed by atoms with van der Waals surface area (Å²) in [6.07, 6.45) is 5.37. The minimum Gasteiger partial charge on any atom is -0.486 e. The number of fused-ring (bicyclic) bond motifs is 4. The van der Waals surface area contributed by atoms with Crippen molar-refractivity contribution < 1.29 is 14.2 Å². The van der Waals surface area contributed by atoms with Crippen LogP contribution in [-0.4, -0.2) is 48.3 Å². The van der Waals surface area contributed by atoms with E-state index in [1.807, 2.05) is 18.3 Å². The average molecular weight is 379 g/mol. The fourth-order valence-electron chi connectivity index (χ4n) is 5.21. The Balaban J connectivity index is 1.16. The zero-order chi connectivity index (χ0) is 18.6. The first kappa shape index (κ1) is 16.5. The van der Waals surface area contributed by atoms with Crippen LogP contribution in [0.1, 0.15) is 24.0 Å². The lowest BCUT2D eigenvalue weighted by Crippen LogP contribution is -2.61. The molecular formula is C22H25N3O3. The number of aromatic nitrogens is 1. The fraction of sp³-hybridized carbons (Fsp3) is 0.500. The SMILES string of the molecule is c1cc2c(cc1CNc1cnc3c(c1)C[C@@]1(CN4CCC1CC4)O3)OCCO2. The first-order chi connectivity index (χ1) is 13.8. The number of hydrogen-bond acceptors (Lipinski definition) is 6. The molecule has 6 heterocycles. The van der Waals surface area contributed by atoms with Crippen molar-refractivity contribution in [3.05, 3.63) is 41.6 Å². The third kappa shape index (κ3) is 2.70. The number of pyridine rings is 1. The van der Waals surface area contributed by atoms with Gasteiger partial charge in [0, 0.05) is 31.0 Å². The Hall–Kier alpha value is -2.47. The molecule has 3 fully saturated rings. The van der Waals surface area contributed by atoms with Gasteiger partial charge in [-0.2, -0.15) is 0 Å². The van der Waals surface area contributed by atoms with Crippen molar-refractivity contribution in [2.45, 2.75) is 31.4 Å². The molecule has 1 spiro atoms. The molecule has 0 radical (unpaired) electrons. The summed E-state index contributed by atoms with van der Waals surface area (Å²) in [6, 6.07) is 8.32. The summed E-state index contributed by atoms with van der Waals surface area (Å²) in [6.45, 7) is 5.45. The molecule has 1 N–H and O–H groups in total. The quantitative estimate of drug-likeness (QED) is 0.885. The summed E-state index contributed by atoms with van der Waals surface area (Å²) in [5.41, 5.74) is 3.40. The van der Waals surface area contributed by atoms with Gasteiger partial charge in [0.2, 0.25) is 5.88 Å². The van der Waals surface area contributed by atoms with Gasteiger partial charge in [0.25, 0.3) is 0 Å². The monoisotopic (exact) mass is 379 g/mol. The molecule has 0 saturated carbocycles. The molecule has 28 heavy (non-hydrogen) atoms. The molecule has 7 rings (SSSR count). The predicted octanol–water partition coefficient (Wildman–Crippen LogP) is 2.86. The first-order valence-corrected chi connectivity index (χ1v) is 10.3. The van der Waals surface area contributed by atoms with Gasteiger partial charge in [-0.15, -0.1) is 0 Å². The number of ether oxygens (including phenoxy) is 3. The van der Waals surface area contributed by atoms with Crippen LogP contribution in [0.3, 0.4) is 0 Å². The summed E-state index contributed by atoms with van der Waals surface area (Å²) in [4.78, 5) is 7.18. The second-order valence-corrected chi connectivity index (χ2v) is 8.41. The molecule has 0 unspecified atom stereocenters. The van der Waals surface area contributed by atoms with Crippen LogP contribution in [0.2, 0.25) is 0 Å². The normalized spacial score (nSPS) is 29.4. The number of rotatable bonds is 3. The van der Waals surface area contributed by atoms with Crippen LogP contribution in [0.5, 0.6) is 17.4 Å². The maximum Gasteiger partial charge on any atom is 0.217 e. The highest BCUT2D eigenvalue weighted by atomic mass is 16.6. The van der Waals surface area contributed by atoms with Gasteiger partial charge in [0.1, 0.15) is 18.8 Å². The summed E-state index contributed by atoms with van der Waals surface area (Å²) < 4.78 is 17.7. The Kier molecular flexibility index (Phi) is 3.69. The molecule has 5 aliphatic heterocycles. The van der Waals surface area contributed by atoms with Gasteiger partial charge in [0.15, 0.2) is 11.5 Å². The van der Waals surface area contributed by atoms with E-state index in [0.29, 0.717) is 19.1 Å². The average Bonchev–Trinajstić information content (AvgIpc) is 3.09. The standard InChI is InChI=1S/C22H25N3O3/c1-2-19-20(27-8-7-26-19)9-15(1)12-23-18-10-16-11-22(28-21(16)24-13-18)14-25-5-3-17(22)4-6-25/h1-2,9-10,13,17,23H,3-8,11-12,14H2/t22-/m0/s1. The molecule has 6 nitrogen and oxygen atoms in total. The topological polar surface area (TPSA) is 55.9 Å². The smallest absolute Gasteiger partial charge is 0.217 e. The minimum atomic E-state index is -0.0414. The molecule has 0 aliphatic carbocycles. The van der Waals surface area contributed by atoms with Crippen molar-refractivity contribution in [2.75, 3.05) is 38.2 Å². The van der Waals surface area contributed by atoms with Crippen molar-refractivity contribution >= 4 is 5.69 Å². The van der Waals surface area contributed by atoms with Crippen LogP contribution in [0.15, 0.2) is 30.5 Å². The molecular weight excluding hydrogens is 354 g/mol. The van der Waals surface area contributed by atoms with Gasteiger partial charge in [-0.25, -0.2) is 4.98 Å². The van der Waals surface area contributed by atoms with E-state index in [9.17, 15) is 0 Å². The first-order valence-electron chi connectivity index (χ1n) is 10.3. The Bertz CT molecular complexity index is 910. The van der Waals surface area contributed by atoms with Crippen molar-refractivity contribution in [1.82, 2.24) is 9.88 Å². The molecule has 146 valence electrons. The zero-order valence-corrected chi connectivity index (χ0v) is 15.9. The third-order valence-electron chi connectivity index (χ3n) is 6.64. The number of anilines is 1. The van der Waals surface area contributed by atoms with Crippen LogP contribution in [0.25, 0.3) is 0 Å². The molecule has 1 aromatic carbocycles. The molecule has 0 amide bonds. The van der Waals surface area contributed by atoms with E-state index in [2.05, 4.69) is 27.3 Å². The second kappa shape index (κ2) is 6.27. The molecule has 2 aromatic rings. The summed E-state index contributed by atoms with van der Waals surface area (Å²) in [5, 5.41) is 3.50. The van der Waals surface area contributed by atoms with Gasteiger partial charge in [-0.1, -0.05) is 6.07 Å². The van der Waals surface area contributed by atoms with E-state index in [-0.39, 0.29) is 5.60 Å². The van der Waals surface area contributed by atoms with E-state index >= 15 is 0 Å². The molecule has 1 aromatic heterocycles. The number of benzene rings is 1. The molecule has 1 atom stereocenters. The van der Waals surface area contributed by atoms with Crippen molar-refractivity contribution in [1.29, 1.82) is 0 Å². The van der Waals surface area contributed by atoms with Crippen molar-refractivity contribution in [3.63, 3.8) is 0 Å². The predicted molar refractivity (Wildman–Crippen MR) is 105 cm³/mol. The minimum absolute atomic E-state index is 0.0414. The van der Waals surface area contributed by atoms with E-state index in [1.54, 1.807) is 0 Å². The van der Waals surface area contributed by atoms with Crippen LogP contribution >= 0.6 is 0 Å². The maximum atomic E-state index is 6.44. The highest BCUT2D eigenvalue weighted by molar-refractivity contribution is 5.50. The van der Waals surface area contributed by atoms with Crippen LogP contribution in [-0.2, 0) is 13.0 Å². The lowest BCUT2D eigenvalue weighted by molar-refractivity contribution is -0.0814. The Labute approximate surface area is 164 Å². The summed E-state index contributed by atoms with van der Waals surface area (Å²) in [7, 11) is 0. The molecule has 6 heteroatoms. The van der Waals surface area contributed by atoms with Crippen molar-refractivity contribution in [2.24, 2.45) is 5.92 Å². The van der Waals surface area contributed by atoms with Gasteiger partial charge < -0.3 is 19.5 Å². The summed E-state index contributed by atoms with van der Waals surface area (Å²) >= 11 is 0. The van der Waals surface area contributed by atoms with Gasteiger partial charge >= 0.3 is 0 Å². The van der Waals surface area contributed by atoms with Crippen LogP contribution < -0.4 is 19.5 Å². The number of nitrogens with one attached hydrogen (secondary N) is 1. The third-order valence-corrected chi connectivity index (χ3v) is 6.64. The van der Waals surface area contributed by atoms with Crippen molar-refractivity contribution in [3.8, 4) is 17.4 Å². The Morgan fingerprint density at radius 3 is 2.79 bits per heavy atom. The number of nitrogens with zero attached hydrogens (tertiary/aromatic N) is 2. The molecule has 3 saturated heterocycles. The van der Waals surface area contributed by atoms with Gasteiger partial charge in [-0.3, -0.25) is 4.90 Å². The molecule has 2 bridgehead atoms. The van der Waals surface area contributed by atoms with E-state index in [4.69, 9.17) is 14.2 Å². The van der Waals surface area contributed by atoms with Crippen LogP contribution in [0, 0.1) is 5.92 Å². The Morgan fingerprint density at radius 2 is 1.96 bits per heavy atom. The highest BCUT2D eigenvalue weighted by Crippen LogP contribution is 2.46. The maximum absolute atomic E-state index is 6.44. The molecule has 5 aliphatic rings. The lowest BCUT2D eigenvalue weighted by atomic mass is 9.73.